The molecule has 22 heavy (non-hydrogen) atoms. The second-order valence-corrected chi connectivity index (χ2v) is 6.87. The third-order valence-corrected chi connectivity index (χ3v) is 4.96. The van der Waals surface area contributed by atoms with Gasteiger partial charge >= 0.3 is 0 Å². The van der Waals surface area contributed by atoms with E-state index >= 15 is 0 Å². The quantitative estimate of drug-likeness (QED) is 0.320. The molecule has 0 saturated carbocycles. The van der Waals surface area contributed by atoms with E-state index in [9.17, 15) is 0 Å². The van der Waals surface area contributed by atoms with Crippen LogP contribution in [0.1, 0.15) is 58.3 Å². The van der Waals surface area contributed by atoms with Crippen molar-refractivity contribution >= 4 is 29.9 Å². The number of likely N-dealkylation sites (tertiary alicyclic amines) is 2. The Hall–Kier alpha value is -0.0400. The second-order valence-electron chi connectivity index (χ2n) is 6.87. The molecule has 0 atom stereocenters. The number of rotatable bonds is 5. The van der Waals surface area contributed by atoms with Gasteiger partial charge in [-0.1, -0.05) is 19.8 Å². The maximum Gasteiger partial charge on any atom is 0.191 e. The first kappa shape index (κ1) is 20.0. The SMILES string of the molecule is CC1CCN(CCCCN=C(N)N2CCCCCC2)CC1.I. The van der Waals surface area contributed by atoms with Crippen LogP contribution in [0.2, 0.25) is 0 Å². The molecule has 5 heteroatoms. The second kappa shape index (κ2) is 11.5. The van der Waals surface area contributed by atoms with Crippen molar-refractivity contribution in [2.75, 3.05) is 39.3 Å². The summed E-state index contributed by atoms with van der Waals surface area (Å²) in [5.74, 6) is 1.71. The first-order valence-corrected chi connectivity index (χ1v) is 9.03. The summed E-state index contributed by atoms with van der Waals surface area (Å²) in [6, 6.07) is 0. The van der Waals surface area contributed by atoms with Crippen molar-refractivity contribution in [3.63, 3.8) is 0 Å². The van der Waals surface area contributed by atoms with Gasteiger partial charge in [0.1, 0.15) is 0 Å². The number of guanidine groups is 1. The number of halogens is 1. The average molecular weight is 422 g/mol. The van der Waals surface area contributed by atoms with Gasteiger partial charge in [0.25, 0.3) is 0 Å². The van der Waals surface area contributed by atoms with Crippen LogP contribution in [0.4, 0.5) is 0 Å². The topological polar surface area (TPSA) is 44.9 Å². The van der Waals surface area contributed by atoms with Gasteiger partial charge in [-0.15, -0.1) is 24.0 Å². The molecule has 2 heterocycles. The van der Waals surface area contributed by atoms with E-state index in [1.54, 1.807) is 0 Å². The fraction of sp³-hybridized carbons (Fsp3) is 0.941. The lowest BCUT2D eigenvalue weighted by atomic mass is 9.99. The monoisotopic (exact) mass is 422 g/mol. The van der Waals surface area contributed by atoms with E-state index in [1.165, 1.54) is 71.0 Å². The third-order valence-electron chi connectivity index (χ3n) is 4.96. The number of hydrogen-bond donors (Lipinski definition) is 1. The summed E-state index contributed by atoms with van der Waals surface area (Å²) in [6.07, 6.45) is 10.4. The first-order chi connectivity index (χ1) is 10.3. The standard InChI is InChI=1S/C17H34N4.HI/c1-16-8-14-20(15-9-16)11-7-4-10-19-17(18)21-12-5-2-3-6-13-21;/h16H,2-15H2,1H3,(H2,18,19);1H. The first-order valence-electron chi connectivity index (χ1n) is 9.03. The van der Waals surface area contributed by atoms with Gasteiger partial charge < -0.3 is 15.5 Å². The minimum Gasteiger partial charge on any atom is -0.370 e. The van der Waals surface area contributed by atoms with E-state index in [-0.39, 0.29) is 24.0 Å². The van der Waals surface area contributed by atoms with Crippen LogP contribution in [0.15, 0.2) is 4.99 Å². The van der Waals surface area contributed by atoms with Gasteiger partial charge in [-0.2, -0.15) is 0 Å². The van der Waals surface area contributed by atoms with Crippen molar-refractivity contribution in [1.82, 2.24) is 9.80 Å². The molecule has 0 aromatic rings. The minimum atomic E-state index is 0. The van der Waals surface area contributed by atoms with Crippen LogP contribution in [0.5, 0.6) is 0 Å². The zero-order valence-corrected chi connectivity index (χ0v) is 16.6. The van der Waals surface area contributed by atoms with Crippen molar-refractivity contribution in [2.24, 2.45) is 16.6 Å². The fourth-order valence-corrected chi connectivity index (χ4v) is 3.33. The summed E-state index contributed by atoms with van der Waals surface area (Å²) in [7, 11) is 0. The Bertz CT molecular complexity index is 306. The molecule has 130 valence electrons. The average Bonchev–Trinajstić information content (AvgIpc) is 2.78. The van der Waals surface area contributed by atoms with Crippen LogP contribution in [0.25, 0.3) is 0 Å². The summed E-state index contributed by atoms with van der Waals surface area (Å²) < 4.78 is 0. The van der Waals surface area contributed by atoms with Gasteiger partial charge in [0.2, 0.25) is 0 Å². The molecular formula is C17H35IN4. The lowest BCUT2D eigenvalue weighted by Crippen LogP contribution is -2.38. The molecule has 0 unspecified atom stereocenters. The molecule has 2 N–H and O–H groups in total. The molecule has 0 aromatic carbocycles. The van der Waals surface area contributed by atoms with Gasteiger partial charge in [0, 0.05) is 19.6 Å². The van der Waals surface area contributed by atoms with Crippen LogP contribution >= 0.6 is 24.0 Å². The summed E-state index contributed by atoms with van der Waals surface area (Å²) >= 11 is 0. The Morgan fingerprint density at radius 3 is 2.27 bits per heavy atom. The Labute approximate surface area is 153 Å². The number of nitrogens with zero attached hydrogens (tertiary/aromatic N) is 3. The predicted molar refractivity (Wildman–Crippen MR) is 106 cm³/mol. The highest BCUT2D eigenvalue weighted by molar-refractivity contribution is 14.0. The summed E-state index contributed by atoms with van der Waals surface area (Å²) in [5, 5.41) is 0. The summed E-state index contributed by atoms with van der Waals surface area (Å²) in [6.45, 7) is 9.29. The van der Waals surface area contributed by atoms with Crippen molar-refractivity contribution < 1.29 is 0 Å². The molecule has 0 bridgehead atoms. The Morgan fingerprint density at radius 1 is 1.00 bits per heavy atom. The normalized spacial score (nSPS) is 22.2. The molecule has 2 saturated heterocycles. The maximum atomic E-state index is 6.12. The summed E-state index contributed by atoms with van der Waals surface area (Å²) in [4.78, 5) is 9.48. The molecule has 2 fully saturated rings. The van der Waals surface area contributed by atoms with E-state index in [4.69, 9.17) is 5.73 Å². The van der Waals surface area contributed by atoms with Crippen LogP contribution < -0.4 is 5.73 Å². The highest BCUT2D eigenvalue weighted by atomic mass is 127. The van der Waals surface area contributed by atoms with Crippen molar-refractivity contribution in [2.45, 2.75) is 58.3 Å². The van der Waals surface area contributed by atoms with E-state index in [0.717, 1.165) is 31.5 Å². The molecule has 2 aliphatic rings. The molecule has 0 aromatic heterocycles. The third kappa shape index (κ3) is 7.49. The lowest BCUT2D eigenvalue weighted by molar-refractivity contribution is 0.190. The Kier molecular flexibility index (Phi) is 10.4. The number of hydrogen-bond acceptors (Lipinski definition) is 2. The maximum absolute atomic E-state index is 6.12. The highest BCUT2D eigenvalue weighted by Gasteiger charge is 2.14. The molecule has 0 spiro atoms. The molecular weight excluding hydrogens is 387 g/mol. The Balaban J connectivity index is 0.00000242. The van der Waals surface area contributed by atoms with E-state index in [0.29, 0.717) is 0 Å². The smallest absolute Gasteiger partial charge is 0.191 e. The van der Waals surface area contributed by atoms with Crippen molar-refractivity contribution in [1.29, 1.82) is 0 Å². The zero-order chi connectivity index (χ0) is 14.9. The zero-order valence-electron chi connectivity index (χ0n) is 14.3. The molecule has 4 nitrogen and oxygen atoms in total. The minimum absolute atomic E-state index is 0. The van der Waals surface area contributed by atoms with Gasteiger partial charge in [0.15, 0.2) is 5.96 Å². The van der Waals surface area contributed by atoms with Gasteiger partial charge in [-0.25, -0.2) is 0 Å². The van der Waals surface area contributed by atoms with E-state index in [2.05, 4.69) is 21.7 Å². The Morgan fingerprint density at radius 2 is 1.64 bits per heavy atom. The van der Waals surface area contributed by atoms with Crippen molar-refractivity contribution in [3.8, 4) is 0 Å². The van der Waals surface area contributed by atoms with Crippen LogP contribution in [-0.4, -0.2) is 55.0 Å². The molecule has 0 amide bonds. The molecule has 0 aliphatic carbocycles. The van der Waals surface area contributed by atoms with Crippen molar-refractivity contribution in [3.05, 3.63) is 0 Å². The molecule has 2 rings (SSSR count). The fourth-order valence-electron chi connectivity index (χ4n) is 3.33. The molecule has 0 radical (unpaired) electrons. The van der Waals surface area contributed by atoms with Gasteiger partial charge in [-0.05, 0) is 64.1 Å². The highest BCUT2D eigenvalue weighted by Crippen LogP contribution is 2.16. The number of piperidine rings is 1. The number of aliphatic imine (C=N–C) groups is 1. The predicted octanol–water partition coefficient (Wildman–Crippen LogP) is 3.31. The van der Waals surface area contributed by atoms with Crippen LogP contribution in [0, 0.1) is 5.92 Å². The van der Waals surface area contributed by atoms with Crippen LogP contribution in [0.3, 0.4) is 0 Å². The van der Waals surface area contributed by atoms with E-state index in [1.807, 2.05) is 0 Å². The summed E-state index contributed by atoms with van der Waals surface area (Å²) in [5.41, 5.74) is 6.12. The lowest BCUT2D eigenvalue weighted by Gasteiger charge is -2.30. The van der Waals surface area contributed by atoms with Gasteiger partial charge in [-0.3, -0.25) is 4.99 Å². The van der Waals surface area contributed by atoms with E-state index < -0.39 is 0 Å². The largest absolute Gasteiger partial charge is 0.370 e. The van der Waals surface area contributed by atoms with Gasteiger partial charge in [0.05, 0.1) is 0 Å². The number of nitrogens with two attached hydrogens (primary N) is 1. The van der Waals surface area contributed by atoms with Crippen LogP contribution in [-0.2, 0) is 0 Å². The molecule has 2 aliphatic heterocycles. The number of unbranched alkanes of at least 4 members (excludes halogenated alkanes) is 1.